The lowest BCUT2D eigenvalue weighted by Gasteiger charge is -2.31. The van der Waals surface area contributed by atoms with Crippen LogP contribution in [0.2, 0.25) is 0 Å². The molecule has 146 valence electrons. The van der Waals surface area contributed by atoms with Gasteiger partial charge in [0.25, 0.3) is 0 Å². The van der Waals surface area contributed by atoms with E-state index in [4.69, 9.17) is 4.74 Å². The maximum atomic E-state index is 13.3. The fraction of sp³-hybridized carbons (Fsp3) is 0.444. The van der Waals surface area contributed by atoms with Crippen LogP contribution in [0, 0.1) is 11.6 Å². The minimum absolute atomic E-state index is 0.0778. The van der Waals surface area contributed by atoms with E-state index in [1.54, 1.807) is 12.4 Å². The Labute approximate surface area is 157 Å². The Morgan fingerprint density at radius 3 is 2.44 bits per heavy atom. The van der Waals surface area contributed by atoms with Gasteiger partial charge in [-0.15, -0.1) is 0 Å². The molecule has 0 spiro atoms. The van der Waals surface area contributed by atoms with E-state index in [-0.39, 0.29) is 24.2 Å². The number of rotatable bonds is 6. The molecule has 1 unspecified atom stereocenters. The third-order valence-electron chi connectivity index (χ3n) is 4.37. The summed E-state index contributed by atoms with van der Waals surface area (Å²) in [5.74, 6) is -2.06. The van der Waals surface area contributed by atoms with Crippen molar-refractivity contribution < 1.29 is 21.9 Å². The van der Waals surface area contributed by atoms with Crippen LogP contribution >= 0.6 is 0 Å². The van der Waals surface area contributed by atoms with E-state index in [9.17, 15) is 17.2 Å². The molecule has 0 N–H and O–H groups in total. The Morgan fingerprint density at radius 1 is 1.15 bits per heavy atom. The topological polar surface area (TPSA) is 72.4 Å². The minimum Gasteiger partial charge on any atom is -0.459 e. The molecule has 0 aliphatic carbocycles. The van der Waals surface area contributed by atoms with E-state index >= 15 is 0 Å². The molecule has 27 heavy (non-hydrogen) atoms. The highest BCUT2D eigenvalue weighted by Gasteiger charge is 2.30. The highest BCUT2D eigenvalue weighted by molar-refractivity contribution is 7.88. The fourth-order valence-electron chi connectivity index (χ4n) is 2.99. The van der Waals surface area contributed by atoms with E-state index in [2.05, 4.69) is 9.97 Å². The average Bonchev–Trinajstić information content (AvgIpc) is 2.61. The van der Waals surface area contributed by atoms with E-state index in [0.717, 1.165) is 24.1 Å². The van der Waals surface area contributed by atoms with Crippen LogP contribution in [0.25, 0.3) is 0 Å². The van der Waals surface area contributed by atoms with Crippen molar-refractivity contribution in [3.63, 3.8) is 0 Å². The van der Waals surface area contributed by atoms with Crippen molar-refractivity contribution in [1.82, 2.24) is 14.3 Å². The summed E-state index contributed by atoms with van der Waals surface area (Å²) in [7, 11) is -3.73. The van der Waals surface area contributed by atoms with Crippen molar-refractivity contribution in [2.24, 2.45) is 0 Å². The standard InChI is InChI=1S/C18H21F2N3O3S/c1-2-13-9-21-18(22-10-13)26-17-4-3-5-23(11-17)27(24,25)12-14-6-15(19)8-16(20)7-14/h6-10,17H,2-5,11-12H2,1H3. The molecule has 1 aromatic heterocycles. The predicted molar refractivity (Wildman–Crippen MR) is 95.6 cm³/mol. The summed E-state index contributed by atoms with van der Waals surface area (Å²) in [6.45, 7) is 2.49. The maximum absolute atomic E-state index is 13.3. The number of piperidine rings is 1. The smallest absolute Gasteiger partial charge is 0.316 e. The molecule has 1 aliphatic rings. The van der Waals surface area contributed by atoms with Gasteiger partial charge in [0, 0.05) is 25.0 Å². The fourth-order valence-corrected chi connectivity index (χ4v) is 4.56. The normalized spacial score (nSPS) is 18.4. The Hall–Kier alpha value is -2.13. The summed E-state index contributed by atoms with van der Waals surface area (Å²) < 4.78 is 59.0. The third-order valence-corrected chi connectivity index (χ3v) is 6.18. The minimum atomic E-state index is -3.73. The zero-order valence-corrected chi connectivity index (χ0v) is 15.8. The van der Waals surface area contributed by atoms with Crippen molar-refractivity contribution in [3.05, 3.63) is 53.4 Å². The quantitative estimate of drug-likeness (QED) is 0.749. The van der Waals surface area contributed by atoms with Gasteiger partial charge in [-0.1, -0.05) is 6.92 Å². The van der Waals surface area contributed by atoms with Crippen LogP contribution in [0.3, 0.4) is 0 Å². The monoisotopic (exact) mass is 397 g/mol. The lowest BCUT2D eigenvalue weighted by Crippen LogP contribution is -2.44. The average molecular weight is 397 g/mol. The first-order chi connectivity index (χ1) is 12.9. The van der Waals surface area contributed by atoms with Gasteiger partial charge in [0.1, 0.15) is 17.7 Å². The second-order valence-electron chi connectivity index (χ2n) is 6.50. The molecular weight excluding hydrogens is 376 g/mol. The summed E-state index contributed by atoms with van der Waals surface area (Å²) in [5, 5.41) is 0. The summed E-state index contributed by atoms with van der Waals surface area (Å²) in [4.78, 5) is 8.27. The van der Waals surface area contributed by atoms with Gasteiger partial charge in [-0.25, -0.2) is 27.2 Å². The molecular formula is C18H21F2N3O3S. The van der Waals surface area contributed by atoms with E-state index in [0.29, 0.717) is 25.5 Å². The van der Waals surface area contributed by atoms with Gasteiger partial charge in [0.2, 0.25) is 10.0 Å². The molecule has 2 aromatic rings. The molecule has 1 aromatic carbocycles. The highest BCUT2D eigenvalue weighted by atomic mass is 32.2. The van der Waals surface area contributed by atoms with Crippen molar-refractivity contribution in [2.45, 2.75) is 38.0 Å². The Kier molecular flexibility index (Phi) is 6.01. The Morgan fingerprint density at radius 2 is 1.81 bits per heavy atom. The van der Waals surface area contributed by atoms with Gasteiger partial charge >= 0.3 is 6.01 Å². The summed E-state index contributed by atoms with van der Waals surface area (Å²) in [5.41, 5.74) is 1.06. The number of ether oxygens (including phenoxy) is 1. The van der Waals surface area contributed by atoms with Crippen LogP contribution in [-0.4, -0.2) is 41.9 Å². The van der Waals surface area contributed by atoms with Gasteiger partial charge in [-0.05, 0) is 42.5 Å². The van der Waals surface area contributed by atoms with E-state index < -0.39 is 27.4 Å². The molecule has 0 saturated carbocycles. The van der Waals surface area contributed by atoms with Crippen LogP contribution < -0.4 is 4.74 Å². The number of hydrogen-bond donors (Lipinski definition) is 0. The van der Waals surface area contributed by atoms with Gasteiger partial charge in [-0.2, -0.15) is 4.31 Å². The Bertz CT molecular complexity index is 871. The first-order valence-electron chi connectivity index (χ1n) is 8.76. The molecule has 0 bridgehead atoms. The number of sulfonamides is 1. The van der Waals surface area contributed by atoms with E-state index in [1.165, 1.54) is 4.31 Å². The predicted octanol–water partition coefficient (Wildman–Crippen LogP) is 2.69. The summed E-state index contributed by atoms with van der Waals surface area (Å²) >= 11 is 0. The molecule has 1 saturated heterocycles. The molecule has 0 amide bonds. The lowest BCUT2D eigenvalue weighted by atomic mass is 10.1. The third kappa shape index (κ3) is 5.20. The molecule has 1 fully saturated rings. The van der Waals surface area contributed by atoms with Gasteiger partial charge < -0.3 is 4.74 Å². The first-order valence-corrected chi connectivity index (χ1v) is 10.4. The molecule has 9 heteroatoms. The van der Waals surface area contributed by atoms with Gasteiger partial charge in [0.05, 0.1) is 12.3 Å². The molecule has 6 nitrogen and oxygen atoms in total. The van der Waals surface area contributed by atoms with Crippen LogP contribution in [0.4, 0.5) is 8.78 Å². The van der Waals surface area contributed by atoms with Gasteiger partial charge in [0.15, 0.2) is 0 Å². The summed E-state index contributed by atoms with van der Waals surface area (Å²) in [6.07, 6.45) is 5.10. The number of hydrogen-bond acceptors (Lipinski definition) is 5. The SMILES string of the molecule is CCc1cnc(OC2CCCN(S(=O)(=O)Cc3cc(F)cc(F)c3)C2)nc1. The van der Waals surface area contributed by atoms with E-state index in [1.807, 2.05) is 6.92 Å². The lowest BCUT2D eigenvalue weighted by molar-refractivity contribution is 0.119. The molecule has 1 atom stereocenters. The van der Waals surface area contributed by atoms with Crippen LogP contribution in [0.1, 0.15) is 30.9 Å². The van der Waals surface area contributed by atoms with Crippen LogP contribution in [0.5, 0.6) is 6.01 Å². The number of halogens is 2. The second-order valence-corrected chi connectivity index (χ2v) is 8.47. The summed E-state index contributed by atoms with van der Waals surface area (Å²) in [6, 6.07) is 2.98. The zero-order valence-electron chi connectivity index (χ0n) is 14.9. The van der Waals surface area contributed by atoms with Crippen molar-refractivity contribution in [2.75, 3.05) is 13.1 Å². The number of aryl methyl sites for hydroxylation is 1. The van der Waals surface area contributed by atoms with Crippen molar-refractivity contribution >= 4 is 10.0 Å². The van der Waals surface area contributed by atoms with Crippen LogP contribution in [0.15, 0.2) is 30.6 Å². The van der Waals surface area contributed by atoms with Crippen molar-refractivity contribution in [1.29, 1.82) is 0 Å². The first kappa shape index (κ1) is 19.6. The zero-order chi connectivity index (χ0) is 19.4. The number of aromatic nitrogens is 2. The van der Waals surface area contributed by atoms with Gasteiger partial charge in [-0.3, -0.25) is 0 Å². The molecule has 3 rings (SSSR count). The molecule has 0 radical (unpaired) electrons. The molecule has 2 heterocycles. The number of benzene rings is 1. The van der Waals surface area contributed by atoms with Crippen LogP contribution in [-0.2, 0) is 22.2 Å². The Balaban J connectivity index is 1.66. The number of nitrogens with zero attached hydrogens (tertiary/aromatic N) is 3. The maximum Gasteiger partial charge on any atom is 0.316 e. The highest BCUT2D eigenvalue weighted by Crippen LogP contribution is 2.21. The second kappa shape index (κ2) is 8.26. The molecule has 1 aliphatic heterocycles. The van der Waals surface area contributed by atoms with Crippen molar-refractivity contribution in [3.8, 4) is 6.01 Å². The largest absolute Gasteiger partial charge is 0.459 e.